The fraction of sp³-hybridized carbons (Fsp3) is 0.529. The standard InChI is InChI=1S/C17H26N2/c1-4-9-18-13-14(2)11-15-7-8-17-16(12-15)6-5-10-19(17)3/h7-8,11-12,18H,4-6,9-10,13H2,1-3H3. The molecule has 2 rings (SSSR count). The van der Waals surface area contributed by atoms with Crippen LogP contribution in [0.5, 0.6) is 0 Å². The zero-order valence-corrected chi connectivity index (χ0v) is 12.5. The Balaban J connectivity index is 2.07. The molecule has 1 aliphatic rings. The van der Waals surface area contributed by atoms with E-state index in [1.165, 1.54) is 48.2 Å². The van der Waals surface area contributed by atoms with E-state index in [2.05, 4.69) is 55.4 Å². The first kappa shape index (κ1) is 14.1. The van der Waals surface area contributed by atoms with Crippen LogP contribution in [0.3, 0.4) is 0 Å². The van der Waals surface area contributed by atoms with Crippen LogP contribution in [0.1, 0.15) is 37.8 Å². The summed E-state index contributed by atoms with van der Waals surface area (Å²) in [6.07, 6.45) is 5.98. The molecule has 0 aliphatic carbocycles. The van der Waals surface area contributed by atoms with Gasteiger partial charge < -0.3 is 10.2 Å². The molecule has 0 aromatic heterocycles. The Morgan fingerprint density at radius 3 is 3.05 bits per heavy atom. The van der Waals surface area contributed by atoms with Gasteiger partial charge in [0.2, 0.25) is 0 Å². The van der Waals surface area contributed by atoms with E-state index in [-0.39, 0.29) is 0 Å². The second kappa shape index (κ2) is 6.76. The lowest BCUT2D eigenvalue weighted by molar-refractivity contribution is 0.715. The lowest BCUT2D eigenvalue weighted by atomic mass is 9.99. The summed E-state index contributed by atoms with van der Waals surface area (Å²) in [5.41, 5.74) is 5.64. The number of fused-ring (bicyclic) bond motifs is 1. The van der Waals surface area contributed by atoms with Gasteiger partial charge in [-0.15, -0.1) is 0 Å². The van der Waals surface area contributed by atoms with Crippen LogP contribution >= 0.6 is 0 Å². The Bertz CT molecular complexity index is 449. The van der Waals surface area contributed by atoms with Gasteiger partial charge >= 0.3 is 0 Å². The second-order valence-corrected chi connectivity index (χ2v) is 5.58. The van der Waals surface area contributed by atoms with Gasteiger partial charge in [-0.3, -0.25) is 0 Å². The number of hydrogen-bond donors (Lipinski definition) is 1. The van der Waals surface area contributed by atoms with Gasteiger partial charge in [0.1, 0.15) is 0 Å². The second-order valence-electron chi connectivity index (χ2n) is 5.58. The number of nitrogens with one attached hydrogen (secondary N) is 1. The Morgan fingerprint density at radius 1 is 1.42 bits per heavy atom. The van der Waals surface area contributed by atoms with E-state index in [0.717, 1.165) is 13.1 Å². The molecule has 1 aromatic carbocycles. The van der Waals surface area contributed by atoms with Gasteiger partial charge in [0.25, 0.3) is 0 Å². The van der Waals surface area contributed by atoms with Crippen molar-refractivity contribution in [2.75, 3.05) is 31.6 Å². The molecule has 104 valence electrons. The van der Waals surface area contributed by atoms with Crippen LogP contribution in [0.2, 0.25) is 0 Å². The van der Waals surface area contributed by atoms with Crippen molar-refractivity contribution in [1.29, 1.82) is 0 Å². The van der Waals surface area contributed by atoms with Crippen molar-refractivity contribution in [2.45, 2.75) is 33.1 Å². The van der Waals surface area contributed by atoms with Crippen LogP contribution in [-0.4, -0.2) is 26.7 Å². The zero-order valence-electron chi connectivity index (χ0n) is 12.5. The maximum absolute atomic E-state index is 3.45. The Labute approximate surface area is 117 Å². The first-order valence-corrected chi connectivity index (χ1v) is 7.42. The fourth-order valence-electron chi connectivity index (χ4n) is 2.69. The summed E-state index contributed by atoms with van der Waals surface area (Å²) >= 11 is 0. The maximum atomic E-state index is 3.45. The summed E-state index contributed by atoms with van der Waals surface area (Å²) in [6, 6.07) is 6.87. The van der Waals surface area contributed by atoms with E-state index < -0.39 is 0 Å². The van der Waals surface area contributed by atoms with E-state index in [0.29, 0.717) is 0 Å². The largest absolute Gasteiger partial charge is 0.374 e. The zero-order chi connectivity index (χ0) is 13.7. The third-order valence-corrected chi connectivity index (χ3v) is 3.70. The van der Waals surface area contributed by atoms with Crippen LogP contribution in [-0.2, 0) is 6.42 Å². The Kier molecular flexibility index (Phi) is 5.03. The highest BCUT2D eigenvalue weighted by atomic mass is 15.1. The van der Waals surface area contributed by atoms with Crippen molar-refractivity contribution in [3.8, 4) is 0 Å². The van der Waals surface area contributed by atoms with Crippen LogP contribution in [0, 0.1) is 0 Å². The molecule has 1 aliphatic heterocycles. The fourth-order valence-corrected chi connectivity index (χ4v) is 2.69. The predicted octanol–water partition coefficient (Wildman–Crippen LogP) is 3.47. The summed E-state index contributed by atoms with van der Waals surface area (Å²) in [5, 5.41) is 3.45. The van der Waals surface area contributed by atoms with E-state index in [4.69, 9.17) is 0 Å². The van der Waals surface area contributed by atoms with Gasteiger partial charge in [0.05, 0.1) is 0 Å². The SMILES string of the molecule is CCCNCC(C)=Cc1ccc2c(c1)CCCN2C. The maximum Gasteiger partial charge on any atom is 0.0396 e. The van der Waals surface area contributed by atoms with E-state index >= 15 is 0 Å². The minimum absolute atomic E-state index is 0.991. The monoisotopic (exact) mass is 258 g/mol. The highest BCUT2D eigenvalue weighted by molar-refractivity contribution is 5.62. The molecule has 0 unspecified atom stereocenters. The number of hydrogen-bond acceptors (Lipinski definition) is 2. The first-order valence-electron chi connectivity index (χ1n) is 7.42. The van der Waals surface area contributed by atoms with Gasteiger partial charge in [0.15, 0.2) is 0 Å². The minimum atomic E-state index is 0.991. The third kappa shape index (κ3) is 3.84. The molecule has 0 bridgehead atoms. The lowest BCUT2D eigenvalue weighted by Crippen LogP contribution is -2.24. The molecule has 0 saturated heterocycles. The molecule has 0 radical (unpaired) electrons. The average Bonchev–Trinajstić information content (AvgIpc) is 2.39. The molecular weight excluding hydrogens is 232 g/mol. The van der Waals surface area contributed by atoms with Crippen molar-refractivity contribution in [3.63, 3.8) is 0 Å². The summed E-state index contributed by atoms with van der Waals surface area (Å²) in [4.78, 5) is 2.36. The van der Waals surface area contributed by atoms with Gasteiger partial charge in [0, 0.05) is 25.8 Å². The molecule has 0 fully saturated rings. The summed E-state index contributed by atoms with van der Waals surface area (Å²) in [5.74, 6) is 0. The quantitative estimate of drug-likeness (QED) is 0.814. The van der Waals surface area contributed by atoms with E-state index in [1.54, 1.807) is 0 Å². The van der Waals surface area contributed by atoms with Gasteiger partial charge in [-0.2, -0.15) is 0 Å². The molecule has 0 atom stereocenters. The lowest BCUT2D eigenvalue weighted by Gasteiger charge is -2.27. The number of anilines is 1. The number of nitrogens with zero attached hydrogens (tertiary/aromatic N) is 1. The molecule has 0 amide bonds. The first-order chi connectivity index (χ1) is 9.20. The topological polar surface area (TPSA) is 15.3 Å². The summed E-state index contributed by atoms with van der Waals surface area (Å²) in [7, 11) is 2.19. The molecule has 0 spiro atoms. The van der Waals surface area contributed by atoms with E-state index in [9.17, 15) is 0 Å². The third-order valence-electron chi connectivity index (χ3n) is 3.70. The molecule has 1 aromatic rings. The summed E-state index contributed by atoms with van der Waals surface area (Å²) in [6.45, 7) is 7.67. The molecule has 2 heteroatoms. The number of aryl methyl sites for hydroxylation is 1. The molecular formula is C17H26N2. The van der Waals surface area contributed by atoms with Crippen molar-refractivity contribution >= 4 is 11.8 Å². The average molecular weight is 258 g/mol. The molecule has 2 nitrogen and oxygen atoms in total. The normalized spacial score (nSPS) is 15.5. The van der Waals surface area contributed by atoms with Crippen LogP contribution in [0.25, 0.3) is 6.08 Å². The molecule has 1 heterocycles. The smallest absolute Gasteiger partial charge is 0.0396 e. The van der Waals surface area contributed by atoms with E-state index in [1.807, 2.05) is 0 Å². The van der Waals surface area contributed by atoms with Crippen LogP contribution in [0.15, 0.2) is 23.8 Å². The van der Waals surface area contributed by atoms with Gasteiger partial charge in [-0.25, -0.2) is 0 Å². The van der Waals surface area contributed by atoms with Crippen molar-refractivity contribution in [3.05, 3.63) is 34.9 Å². The van der Waals surface area contributed by atoms with Gasteiger partial charge in [-0.05, 0) is 56.0 Å². The van der Waals surface area contributed by atoms with Crippen molar-refractivity contribution < 1.29 is 0 Å². The molecule has 0 saturated carbocycles. The molecule has 19 heavy (non-hydrogen) atoms. The van der Waals surface area contributed by atoms with Gasteiger partial charge in [-0.1, -0.05) is 24.6 Å². The number of benzene rings is 1. The minimum Gasteiger partial charge on any atom is -0.374 e. The Hall–Kier alpha value is -1.28. The highest BCUT2D eigenvalue weighted by Crippen LogP contribution is 2.27. The Morgan fingerprint density at radius 2 is 2.26 bits per heavy atom. The van der Waals surface area contributed by atoms with Crippen molar-refractivity contribution in [1.82, 2.24) is 5.32 Å². The predicted molar refractivity (Wildman–Crippen MR) is 84.8 cm³/mol. The van der Waals surface area contributed by atoms with Crippen molar-refractivity contribution in [2.24, 2.45) is 0 Å². The van der Waals surface area contributed by atoms with Crippen LogP contribution in [0.4, 0.5) is 5.69 Å². The highest BCUT2D eigenvalue weighted by Gasteiger charge is 2.12. The number of rotatable bonds is 5. The van der Waals surface area contributed by atoms with Crippen LogP contribution < -0.4 is 10.2 Å². The summed E-state index contributed by atoms with van der Waals surface area (Å²) < 4.78 is 0. The molecule has 1 N–H and O–H groups in total.